The quantitative estimate of drug-likeness (QED) is 0.771. The first-order chi connectivity index (χ1) is 8.24. The van der Waals surface area contributed by atoms with Gasteiger partial charge in [0.1, 0.15) is 11.6 Å². The van der Waals surface area contributed by atoms with Crippen LogP contribution >= 0.6 is 0 Å². The summed E-state index contributed by atoms with van der Waals surface area (Å²) in [4.78, 5) is 13.1. The molecule has 0 spiro atoms. The number of aromatic nitrogens is 3. The van der Waals surface area contributed by atoms with Crippen LogP contribution in [0.1, 0.15) is 30.4 Å². The minimum Gasteiger partial charge on any atom is -0.383 e. The van der Waals surface area contributed by atoms with Crippen LogP contribution in [0.2, 0.25) is 0 Å². The fourth-order valence-corrected chi connectivity index (χ4v) is 2.29. The van der Waals surface area contributed by atoms with Crippen LogP contribution in [0.3, 0.4) is 0 Å². The Labute approximate surface area is 99.5 Å². The monoisotopic (exact) mass is 229 g/mol. The van der Waals surface area contributed by atoms with Crippen molar-refractivity contribution in [3.63, 3.8) is 0 Å². The van der Waals surface area contributed by atoms with Crippen LogP contribution in [0, 0.1) is 6.92 Å². The molecule has 1 aliphatic heterocycles. The van der Waals surface area contributed by atoms with E-state index in [0.717, 1.165) is 24.0 Å². The predicted molar refractivity (Wildman–Crippen MR) is 66.5 cm³/mol. The lowest BCUT2D eigenvalue weighted by molar-refractivity contribution is 0.630. The number of aryl methyl sites for hydroxylation is 1. The van der Waals surface area contributed by atoms with Crippen molar-refractivity contribution in [3.8, 4) is 0 Å². The second-order valence-electron chi connectivity index (χ2n) is 4.41. The van der Waals surface area contributed by atoms with Gasteiger partial charge in [-0.2, -0.15) is 0 Å². The van der Waals surface area contributed by atoms with Crippen LogP contribution in [0.25, 0.3) is 11.0 Å². The van der Waals surface area contributed by atoms with Crippen LogP contribution in [0.4, 0.5) is 5.82 Å². The third kappa shape index (κ3) is 1.82. The van der Waals surface area contributed by atoms with Gasteiger partial charge in [0.05, 0.1) is 11.1 Å². The van der Waals surface area contributed by atoms with Gasteiger partial charge < -0.3 is 11.1 Å². The molecule has 1 fully saturated rings. The van der Waals surface area contributed by atoms with Crippen molar-refractivity contribution in [2.24, 2.45) is 0 Å². The van der Waals surface area contributed by atoms with E-state index in [9.17, 15) is 0 Å². The molecule has 3 rings (SSSR count). The fraction of sp³-hybridized carbons (Fsp3) is 0.417. The van der Waals surface area contributed by atoms with Gasteiger partial charge in [0, 0.05) is 6.04 Å². The van der Waals surface area contributed by atoms with Gasteiger partial charge in [-0.05, 0) is 38.4 Å². The lowest BCUT2D eigenvalue weighted by atomic mass is 10.1. The van der Waals surface area contributed by atoms with E-state index in [1.54, 1.807) is 0 Å². The summed E-state index contributed by atoms with van der Waals surface area (Å²) < 4.78 is 0. The molecule has 88 valence electrons. The Morgan fingerprint density at radius 1 is 1.29 bits per heavy atom. The third-order valence-corrected chi connectivity index (χ3v) is 3.14. The summed E-state index contributed by atoms with van der Waals surface area (Å²) in [5.41, 5.74) is 7.60. The summed E-state index contributed by atoms with van der Waals surface area (Å²) >= 11 is 0. The minimum atomic E-state index is 0.357. The van der Waals surface area contributed by atoms with Crippen molar-refractivity contribution in [1.82, 2.24) is 20.3 Å². The molecular weight excluding hydrogens is 214 g/mol. The number of rotatable bonds is 1. The zero-order valence-electron chi connectivity index (χ0n) is 9.77. The number of fused-ring (bicyclic) bond motifs is 1. The highest BCUT2D eigenvalue weighted by Gasteiger charge is 2.18. The molecule has 0 aromatic carbocycles. The molecule has 0 saturated carbocycles. The van der Waals surface area contributed by atoms with Crippen LogP contribution in [0.5, 0.6) is 0 Å². The minimum absolute atomic E-state index is 0.357. The second-order valence-corrected chi connectivity index (χ2v) is 4.41. The van der Waals surface area contributed by atoms with Crippen molar-refractivity contribution < 1.29 is 0 Å². The number of nitrogens with two attached hydrogens (primary N) is 1. The first-order valence-corrected chi connectivity index (χ1v) is 5.88. The number of nitrogen functional groups attached to an aromatic ring is 1. The topological polar surface area (TPSA) is 76.7 Å². The van der Waals surface area contributed by atoms with Crippen molar-refractivity contribution in [2.45, 2.75) is 25.8 Å². The molecule has 0 aliphatic carbocycles. The van der Waals surface area contributed by atoms with E-state index < -0.39 is 0 Å². The molecule has 5 heteroatoms. The molecule has 1 atom stereocenters. The third-order valence-electron chi connectivity index (χ3n) is 3.14. The summed E-state index contributed by atoms with van der Waals surface area (Å²) in [7, 11) is 0. The maximum absolute atomic E-state index is 5.85. The van der Waals surface area contributed by atoms with Gasteiger partial charge in [0.25, 0.3) is 0 Å². The largest absolute Gasteiger partial charge is 0.383 e. The fourth-order valence-electron chi connectivity index (χ4n) is 2.29. The van der Waals surface area contributed by atoms with Crippen molar-refractivity contribution >= 4 is 16.9 Å². The number of anilines is 1. The normalized spacial score (nSPS) is 19.9. The molecule has 0 unspecified atom stereocenters. The van der Waals surface area contributed by atoms with Crippen LogP contribution in [-0.4, -0.2) is 21.5 Å². The SMILES string of the molecule is Cc1nc(N)c2ccc([C@@H]3CCCN3)nc2n1. The summed E-state index contributed by atoms with van der Waals surface area (Å²) in [5.74, 6) is 1.17. The highest BCUT2D eigenvalue weighted by Crippen LogP contribution is 2.24. The van der Waals surface area contributed by atoms with Crippen LogP contribution in [-0.2, 0) is 0 Å². The van der Waals surface area contributed by atoms with Gasteiger partial charge in [-0.1, -0.05) is 0 Å². The maximum Gasteiger partial charge on any atom is 0.165 e. The summed E-state index contributed by atoms with van der Waals surface area (Å²) in [6.07, 6.45) is 2.34. The van der Waals surface area contributed by atoms with Crippen LogP contribution < -0.4 is 11.1 Å². The number of hydrogen-bond donors (Lipinski definition) is 2. The number of hydrogen-bond acceptors (Lipinski definition) is 5. The lowest BCUT2D eigenvalue weighted by Gasteiger charge is -2.10. The Morgan fingerprint density at radius 3 is 2.94 bits per heavy atom. The van der Waals surface area contributed by atoms with Gasteiger partial charge in [0.15, 0.2) is 5.65 Å². The Bertz CT molecular complexity index is 560. The molecule has 0 amide bonds. The zero-order chi connectivity index (χ0) is 11.8. The van der Waals surface area contributed by atoms with Gasteiger partial charge in [-0.3, -0.25) is 0 Å². The smallest absolute Gasteiger partial charge is 0.165 e. The number of nitrogens with zero attached hydrogens (tertiary/aromatic N) is 3. The van der Waals surface area contributed by atoms with Gasteiger partial charge in [0.2, 0.25) is 0 Å². The van der Waals surface area contributed by atoms with Crippen molar-refractivity contribution in [1.29, 1.82) is 0 Å². The molecule has 1 saturated heterocycles. The van der Waals surface area contributed by atoms with E-state index in [1.807, 2.05) is 19.1 Å². The van der Waals surface area contributed by atoms with E-state index in [0.29, 0.717) is 23.3 Å². The molecule has 5 nitrogen and oxygen atoms in total. The first kappa shape index (κ1) is 10.4. The van der Waals surface area contributed by atoms with Gasteiger partial charge in [-0.25, -0.2) is 15.0 Å². The zero-order valence-corrected chi connectivity index (χ0v) is 9.77. The molecule has 3 heterocycles. The lowest BCUT2D eigenvalue weighted by Crippen LogP contribution is -2.14. The van der Waals surface area contributed by atoms with E-state index in [-0.39, 0.29) is 0 Å². The number of nitrogens with one attached hydrogen (secondary N) is 1. The average Bonchev–Trinajstić information content (AvgIpc) is 2.81. The standard InChI is InChI=1S/C12H15N5/c1-7-15-11(13)8-4-5-10(17-12(8)16-7)9-3-2-6-14-9/h4-5,9,14H,2-3,6H2,1H3,(H2,13,15,16,17)/t9-/m0/s1. The average molecular weight is 229 g/mol. The molecule has 2 aromatic heterocycles. The Kier molecular flexibility index (Phi) is 2.40. The van der Waals surface area contributed by atoms with E-state index in [2.05, 4.69) is 20.3 Å². The van der Waals surface area contributed by atoms with Gasteiger partial charge >= 0.3 is 0 Å². The Morgan fingerprint density at radius 2 is 2.18 bits per heavy atom. The van der Waals surface area contributed by atoms with E-state index in [1.165, 1.54) is 6.42 Å². The number of pyridine rings is 1. The summed E-state index contributed by atoms with van der Waals surface area (Å²) in [6, 6.07) is 4.34. The molecule has 0 radical (unpaired) electrons. The van der Waals surface area contributed by atoms with E-state index >= 15 is 0 Å². The Balaban J connectivity index is 2.11. The van der Waals surface area contributed by atoms with Crippen molar-refractivity contribution in [3.05, 3.63) is 23.7 Å². The predicted octanol–water partition coefficient (Wildman–Crippen LogP) is 1.34. The molecule has 1 aliphatic rings. The first-order valence-electron chi connectivity index (χ1n) is 5.88. The molecule has 3 N–H and O–H groups in total. The molecule has 17 heavy (non-hydrogen) atoms. The second kappa shape index (κ2) is 3.92. The summed E-state index contributed by atoms with van der Waals surface area (Å²) in [6.45, 7) is 2.90. The maximum atomic E-state index is 5.85. The molecule has 0 bridgehead atoms. The van der Waals surface area contributed by atoms with E-state index in [4.69, 9.17) is 5.73 Å². The molecule has 2 aromatic rings. The van der Waals surface area contributed by atoms with Gasteiger partial charge in [-0.15, -0.1) is 0 Å². The molecular formula is C12H15N5. The highest BCUT2D eigenvalue weighted by atomic mass is 15.0. The van der Waals surface area contributed by atoms with Crippen LogP contribution in [0.15, 0.2) is 12.1 Å². The van der Waals surface area contributed by atoms with Crippen molar-refractivity contribution in [2.75, 3.05) is 12.3 Å². The summed E-state index contributed by atoms with van der Waals surface area (Å²) in [5, 5.41) is 4.26. The Hall–Kier alpha value is -1.75. The highest BCUT2D eigenvalue weighted by molar-refractivity contribution is 5.85.